The molecule has 0 spiro atoms. The number of nitrogens with zero attached hydrogens (tertiary/aromatic N) is 3. The third-order valence-electron chi connectivity index (χ3n) is 5.37. The highest BCUT2D eigenvalue weighted by Crippen LogP contribution is 2.36. The SMILES string of the molecule is CCc1cc2c(cc1F)c(C(N)=O)c(-c1ccc(S(=O)(=O)NC(C)(C)C)cn1)n2-c1ccccn1. The number of fused-ring (bicyclic) bond motifs is 1. The van der Waals surface area contributed by atoms with Gasteiger partial charge in [0.1, 0.15) is 16.5 Å². The van der Waals surface area contributed by atoms with E-state index in [9.17, 15) is 17.6 Å². The predicted molar refractivity (Wildman–Crippen MR) is 132 cm³/mol. The summed E-state index contributed by atoms with van der Waals surface area (Å²) in [6.07, 6.45) is 3.26. The summed E-state index contributed by atoms with van der Waals surface area (Å²) in [5.41, 5.74) is 6.76. The first-order chi connectivity index (χ1) is 16.4. The summed E-state index contributed by atoms with van der Waals surface area (Å²) in [5, 5.41) is 0.320. The Balaban J connectivity index is 2.02. The normalized spacial score (nSPS) is 12.3. The number of carbonyl (C=O) groups is 1. The van der Waals surface area contributed by atoms with Crippen molar-refractivity contribution in [2.45, 2.75) is 44.6 Å². The van der Waals surface area contributed by atoms with Crippen LogP contribution in [0.3, 0.4) is 0 Å². The maximum Gasteiger partial charge on any atom is 0.251 e. The van der Waals surface area contributed by atoms with E-state index >= 15 is 0 Å². The average Bonchev–Trinajstić information content (AvgIpc) is 3.11. The molecule has 182 valence electrons. The predicted octanol–water partition coefficient (Wildman–Crippen LogP) is 3.96. The molecule has 0 bridgehead atoms. The van der Waals surface area contributed by atoms with Crippen LogP contribution in [0.2, 0.25) is 0 Å². The van der Waals surface area contributed by atoms with Crippen molar-refractivity contribution in [3.8, 4) is 17.2 Å². The fourth-order valence-corrected chi connectivity index (χ4v) is 5.34. The van der Waals surface area contributed by atoms with Gasteiger partial charge in [0.25, 0.3) is 5.91 Å². The molecule has 0 radical (unpaired) electrons. The second kappa shape index (κ2) is 8.86. The molecule has 4 rings (SSSR count). The third-order valence-corrected chi connectivity index (χ3v) is 7.11. The largest absolute Gasteiger partial charge is 0.366 e. The number of aromatic nitrogens is 3. The highest BCUT2D eigenvalue weighted by atomic mass is 32.2. The van der Waals surface area contributed by atoms with E-state index in [0.717, 1.165) is 0 Å². The van der Waals surface area contributed by atoms with Gasteiger partial charge in [-0.2, -0.15) is 0 Å². The molecule has 0 aliphatic carbocycles. The second-order valence-corrected chi connectivity index (χ2v) is 10.8. The van der Waals surface area contributed by atoms with Crippen LogP contribution in [-0.2, 0) is 16.4 Å². The van der Waals surface area contributed by atoms with Gasteiger partial charge < -0.3 is 5.73 Å². The van der Waals surface area contributed by atoms with Crippen molar-refractivity contribution in [1.29, 1.82) is 0 Å². The Kier molecular flexibility index (Phi) is 6.20. The van der Waals surface area contributed by atoms with E-state index in [0.29, 0.717) is 34.4 Å². The van der Waals surface area contributed by atoms with Gasteiger partial charge in [0, 0.05) is 23.3 Å². The molecule has 0 saturated heterocycles. The Morgan fingerprint density at radius 3 is 2.43 bits per heavy atom. The van der Waals surface area contributed by atoms with Crippen molar-refractivity contribution in [2.24, 2.45) is 5.73 Å². The molecule has 0 atom stereocenters. The molecule has 0 aliphatic heterocycles. The van der Waals surface area contributed by atoms with E-state index in [2.05, 4.69) is 14.7 Å². The van der Waals surface area contributed by atoms with Gasteiger partial charge in [-0.05, 0) is 69.2 Å². The van der Waals surface area contributed by atoms with Gasteiger partial charge in [-0.3, -0.25) is 14.3 Å². The summed E-state index contributed by atoms with van der Waals surface area (Å²) >= 11 is 0. The number of amides is 1. The molecule has 1 amide bonds. The van der Waals surface area contributed by atoms with Crippen LogP contribution in [0.4, 0.5) is 4.39 Å². The molecule has 0 unspecified atom stereocenters. The summed E-state index contributed by atoms with van der Waals surface area (Å²) in [6.45, 7) is 7.04. The van der Waals surface area contributed by atoms with Gasteiger partial charge in [0.15, 0.2) is 0 Å². The third kappa shape index (κ3) is 4.67. The van der Waals surface area contributed by atoms with Gasteiger partial charge in [-0.25, -0.2) is 22.5 Å². The average molecular weight is 496 g/mol. The van der Waals surface area contributed by atoms with Gasteiger partial charge in [-0.1, -0.05) is 13.0 Å². The first-order valence-electron chi connectivity index (χ1n) is 11.0. The van der Waals surface area contributed by atoms with Crippen molar-refractivity contribution in [3.63, 3.8) is 0 Å². The van der Waals surface area contributed by atoms with Crippen LogP contribution in [0.5, 0.6) is 0 Å². The van der Waals surface area contributed by atoms with Gasteiger partial charge in [-0.15, -0.1) is 0 Å². The van der Waals surface area contributed by atoms with Crippen LogP contribution in [-0.4, -0.2) is 34.4 Å². The first kappa shape index (κ1) is 24.5. The molecule has 3 heterocycles. The van der Waals surface area contributed by atoms with Gasteiger partial charge in [0.05, 0.1) is 22.5 Å². The fourth-order valence-electron chi connectivity index (χ4n) is 3.98. The number of benzene rings is 1. The second-order valence-electron chi connectivity index (χ2n) is 9.16. The highest BCUT2D eigenvalue weighted by Gasteiger charge is 2.27. The number of halogens is 1. The van der Waals surface area contributed by atoms with E-state index < -0.39 is 27.3 Å². The number of nitrogens with one attached hydrogen (secondary N) is 1. The van der Waals surface area contributed by atoms with E-state index in [1.807, 2.05) is 6.92 Å². The Hall–Kier alpha value is -3.63. The minimum atomic E-state index is -3.82. The zero-order chi connectivity index (χ0) is 25.5. The number of carbonyl (C=O) groups excluding carboxylic acids is 1. The Morgan fingerprint density at radius 1 is 1.14 bits per heavy atom. The number of nitrogens with two attached hydrogens (primary N) is 1. The maximum absolute atomic E-state index is 14.8. The Morgan fingerprint density at radius 2 is 1.89 bits per heavy atom. The van der Waals surface area contributed by atoms with E-state index in [-0.39, 0.29) is 16.2 Å². The highest BCUT2D eigenvalue weighted by molar-refractivity contribution is 7.89. The Labute approximate surface area is 203 Å². The smallest absolute Gasteiger partial charge is 0.251 e. The standard InChI is InChI=1S/C25H26FN5O3S/c1-5-15-12-20-17(13-18(15)26)22(24(27)32)23(31(20)21-8-6-7-11-28-21)19-10-9-16(14-29-19)35(33,34)30-25(2,3)4/h6-14,30H,5H2,1-4H3,(H2,27,32). The van der Waals surface area contributed by atoms with Gasteiger partial charge >= 0.3 is 0 Å². The van der Waals surface area contributed by atoms with Crippen LogP contribution in [0.25, 0.3) is 28.1 Å². The number of sulfonamides is 1. The number of pyridine rings is 2. The molecule has 0 aliphatic rings. The Bertz CT molecular complexity index is 1520. The molecule has 0 fully saturated rings. The minimum Gasteiger partial charge on any atom is -0.366 e. The molecule has 3 N–H and O–H groups in total. The summed E-state index contributed by atoms with van der Waals surface area (Å²) in [6, 6.07) is 11.1. The van der Waals surface area contributed by atoms with E-state index in [1.165, 1.54) is 24.4 Å². The zero-order valence-electron chi connectivity index (χ0n) is 19.8. The number of rotatable bonds is 6. The molecule has 3 aromatic heterocycles. The van der Waals surface area contributed by atoms with E-state index in [4.69, 9.17) is 5.73 Å². The van der Waals surface area contributed by atoms with Crippen LogP contribution in [0.1, 0.15) is 43.6 Å². The van der Waals surface area contributed by atoms with Crippen molar-refractivity contribution in [3.05, 3.63) is 71.8 Å². The molecular formula is C25H26FN5O3S. The first-order valence-corrected chi connectivity index (χ1v) is 12.5. The summed E-state index contributed by atoms with van der Waals surface area (Å²) in [5.74, 6) is -0.743. The summed E-state index contributed by atoms with van der Waals surface area (Å²) < 4.78 is 44.5. The lowest BCUT2D eigenvalue weighted by Gasteiger charge is -2.20. The number of hydrogen-bond acceptors (Lipinski definition) is 5. The quantitative estimate of drug-likeness (QED) is 0.419. The molecular weight excluding hydrogens is 469 g/mol. The molecule has 1 aromatic carbocycles. The molecule has 4 aromatic rings. The lowest BCUT2D eigenvalue weighted by molar-refractivity contribution is 0.100. The van der Waals surface area contributed by atoms with Crippen molar-refractivity contribution in [1.82, 2.24) is 19.3 Å². The number of hydrogen-bond donors (Lipinski definition) is 2. The summed E-state index contributed by atoms with van der Waals surface area (Å²) in [4.78, 5) is 21.4. The molecule has 0 saturated carbocycles. The van der Waals surface area contributed by atoms with Crippen LogP contribution < -0.4 is 10.5 Å². The lowest BCUT2D eigenvalue weighted by Crippen LogP contribution is -2.40. The number of aryl methyl sites for hydroxylation is 1. The number of primary amides is 1. The van der Waals surface area contributed by atoms with E-state index in [1.54, 1.807) is 55.8 Å². The topological polar surface area (TPSA) is 120 Å². The zero-order valence-corrected chi connectivity index (χ0v) is 20.6. The van der Waals surface area contributed by atoms with Crippen molar-refractivity contribution >= 4 is 26.8 Å². The molecule has 8 nitrogen and oxygen atoms in total. The lowest BCUT2D eigenvalue weighted by atomic mass is 10.0. The molecule has 10 heteroatoms. The van der Waals surface area contributed by atoms with Gasteiger partial charge in [0.2, 0.25) is 10.0 Å². The monoisotopic (exact) mass is 495 g/mol. The van der Waals surface area contributed by atoms with Crippen LogP contribution in [0, 0.1) is 5.82 Å². The molecule has 35 heavy (non-hydrogen) atoms. The fraction of sp³-hybridized carbons (Fsp3) is 0.240. The minimum absolute atomic E-state index is 0.0309. The maximum atomic E-state index is 14.8. The van der Waals surface area contributed by atoms with Crippen LogP contribution in [0.15, 0.2) is 59.8 Å². The van der Waals surface area contributed by atoms with Crippen molar-refractivity contribution < 1.29 is 17.6 Å². The van der Waals surface area contributed by atoms with Crippen molar-refractivity contribution in [2.75, 3.05) is 0 Å². The van der Waals surface area contributed by atoms with Crippen LogP contribution >= 0.6 is 0 Å². The summed E-state index contributed by atoms with van der Waals surface area (Å²) in [7, 11) is -3.82.